The molecular formula is C23H27N3O6S. The van der Waals surface area contributed by atoms with Gasteiger partial charge < -0.3 is 19.7 Å². The number of nitrogens with one attached hydrogen (secondary N) is 1. The van der Waals surface area contributed by atoms with Crippen LogP contribution >= 0.6 is 0 Å². The topological polar surface area (TPSA) is 105 Å². The Balaban J connectivity index is 1.44. The average Bonchev–Trinajstić information content (AvgIpc) is 2.80. The normalized spacial score (nSPS) is 18.8. The van der Waals surface area contributed by atoms with Crippen LogP contribution in [0, 0.1) is 6.92 Å². The van der Waals surface area contributed by atoms with E-state index < -0.39 is 16.1 Å². The first-order chi connectivity index (χ1) is 15.7. The van der Waals surface area contributed by atoms with E-state index in [2.05, 4.69) is 5.32 Å². The van der Waals surface area contributed by atoms with Gasteiger partial charge in [-0.2, -0.15) is 4.31 Å². The van der Waals surface area contributed by atoms with Gasteiger partial charge in [0.05, 0.1) is 24.1 Å². The lowest BCUT2D eigenvalue weighted by Crippen LogP contribution is -2.51. The van der Waals surface area contributed by atoms with Gasteiger partial charge in [-0.3, -0.25) is 9.59 Å². The Morgan fingerprint density at radius 1 is 1.18 bits per heavy atom. The lowest BCUT2D eigenvalue weighted by molar-refractivity contribution is -0.131. The number of hydrogen-bond acceptors (Lipinski definition) is 6. The minimum Gasteiger partial charge on any atom is -0.497 e. The quantitative estimate of drug-likeness (QED) is 0.710. The van der Waals surface area contributed by atoms with Crippen LogP contribution in [-0.2, 0) is 26.0 Å². The first-order valence-electron chi connectivity index (χ1n) is 10.7. The first-order valence-corrected chi connectivity index (χ1v) is 12.2. The van der Waals surface area contributed by atoms with Crippen molar-refractivity contribution in [1.29, 1.82) is 0 Å². The molecule has 2 aromatic rings. The molecule has 2 heterocycles. The molecule has 2 aromatic carbocycles. The van der Waals surface area contributed by atoms with Gasteiger partial charge in [0.1, 0.15) is 11.5 Å². The van der Waals surface area contributed by atoms with Crippen LogP contribution in [0.15, 0.2) is 41.3 Å². The molecule has 0 saturated carbocycles. The first kappa shape index (κ1) is 23.1. The Morgan fingerprint density at radius 3 is 2.61 bits per heavy atom. The predicted molar refractivity (Wildman–Crippen MR) is 122 cm³/mol. The van der Waals surface area contributed by atoms with Crippen molar-refractivity contribution < 1.29 is 27.5 Å². The van der Waals surface area contributed by atoms with Gasteiger partial charge in [-0.15, -0.1) is 0 Å². The van der Waals surface area contributed by atoms with E-state index in [-0.39, 0.29) is 36.2 Å². The summed E-state index contributed by atoms with van der Waals surface area (Å²) in [6, 6.07) is 10.4. The monoisotopic (exact) mass is 473 g/mol. The second-order valence-corrected chi connectivity index (χ2v) is 10.1. The van der Waals surface area contributed by atoms with Crippen molar-refractivity contribution in [2.75, 3.05) is 38.6 Å². The molecule has 0 radical (unpaired) electrons. The highest BCUT2D eigenvalue weighted by molar-refractivity contribution is 7.89. The molecule has 1 atom stereocenters. The molecule has 4 rings (SSSR count). The van der Waals surface area contributed by atoms with E-state index in [1.807, 2.05) is 24.3 Å². The third-order valence-electron chi connectivity index (χ3n) is 5.91. The predicted octanol–water partition coefficient (Wildman–Crippen LogP) is 1.80. The molecule has 0 bridgehead atoms. The molecule has 0 unspecified atom stereocenters. The van der Waals surface area contributed by atoms with Crippen LogP contribution in [0.5, 0.6) is 11.5 Å². The van der Waals surface area contributed by atoms with Gasteiger partial charge in [-0.1, -0.05) is 12.1 Å². The zero-order valence-corrected chi connectivity index (χ0v) is 19.6. The Labute approximate surface area is 193 Å². The second kappa shape index (κ2) is 9.03. The Kier molecular flexibility index (Phi) is 6.31. The van der Waals surface area contributed by atoms with E-state index in [4.69, 9.17) is 9.47 Å². The van der Waals surface area contributed by atoms with Crippen molar-refractivity contribution in [1.82, 2.24) is 9.21 Å². The summed E-state index contributed by atoms with van der Waals surface area (Å²) in [5, 5.41) is 2.73. The molecule has 2 aliphatic rings. The number of benzene rings is 2. The summed E-state index contributed by atoms with van der Waals surface area (Å²) in [7, 11) is -2.21. The molecule has 1 fully saturated rings. The lowest BCUT2D eigenvalue weighted by Gasteiger charge is -2.34. The van der Waals surface area contributed by atoms with Crippen LogP contribution in [0.25, 0.3) is 0 Å². The number of piperazine rings is 1. The van der Waals surface area contributed by atoms with Crippen LogP contribution in [-0.4, -0.2) is 68.8 Å². The van der Waals surface area contributed by atoms with Gasteiger partial charge in [-0.05, 0) is 43.2 Å². The van der Waals surface area contributed by atoms with Gasteiger partial charge >= 0.3 is 0 Å². The molecule has 0 spiro atoms. The number of carbonyl (C=O) groups excluding carboxylic acids is 2. The maximum absolute atomic E-state index is 13.3. The SMILES string of the molecule is COc1cccc(CC(=O)N2CCN(S(=O)(=O)c3cc4c(cc3C)NC(=O)[C@H](C)O4)CC2)c1. The number of hydrogen-bond donors (Lipinski definition) is 1. The van der Waals surface area contributed by atoms with Crippen molar-refractivity contribution in [2.45, 2.75) is 31.3 Å². The van der Waals surface area contributed by atoms with E-state index >= 15 is 0 Å². The fourth-order valence-corrected chi connectivity index (χ4v) is 5.65. The molecule has 9 nitrogen and oxygen atoms in total. The number of carbonyl (C=O) groups is 2. The zero-order chi connectivity index (χ0) is 23.8. The van der Waals surface area contributed by atoms with E-state index in [0.29, 0.717) is 35.8 Å². The lowest BCUT2D eigenvalue weighted by atomic mass is 10.1. The van der Waals surface area contributed by atoms with Crippen LogP contribution in [0.2, 0.25) is 0 Å². The average molecular weight is 474 g/mol. The summed E-state index contributed by atoms with van der Waals surface area (Å²) < 4.78 is 38.9. The number of ether oxygens (including phenoxy) is 2. The number of aryl methyl sites for hydroxylation is 1. The number of fused-ring (bicyclic) bond motifs is 1. The van der Waals surface area contributed by atoms with E-state index in [0.717, 1.165) is 5.56 Å². The van der Waals surface area contributed by atoms with Crippen molar-refractivity contribution >= 4 is 27.5 Å². The fraction of sp³-hybridized carbons (Fsp3) is 0.391. The maximum Gasteiger partial charge on any atom is 0.265 e. The molecular weight excluding hydrogens is 446 g/mol. The summed E-state index contributed by atoms with van der Waals surface area (Å²) in [5.41, 5.74) is 1.83. The molecule has 176 valence electrons. The fourth-order valence-electron chi connectivity index (χ4n) is 4.01. The highest BCUT2D eigenvalue weighted by Gasteiger charge is 2.33. The van der Waals surface area contributed by atoms with Gasteiger partial charge in [0, 0.05) is 32.2 Å². The maximum atomic E-state index is 13.3. The smallest absolute Gasteiger partial charge is 0.265 e. The summed E-state index contributed by atoms with van der Waals surface area (Å²) in [5.74, 6) is 0.698. The van der Waals surface area contributed by atoms with Crippen molar-refractivity contribution in [3.05, 3.63) is 47.5 Å². The Morgan fingerprint density at radius 2 is 1.91 bits per heavy atom. The number of amides is 2. The number of rotatable bonds is 5. The number of nitrogens with zero attached hydrogens (tertiary/aromatic N) is 2. The Hall–Kier alpha value is -3.11. The molecule has 10 heteroatoms. The van der Waals surface area contributed by atoms with Crippen molar-refractivity contribution in [3.63, 3.8) is 0 Å². The van der Waals surface area contributed by atoms with Crippen LogP contribution in [0.1, 0.15) is 18.1 Å². The largest absolute Gasteiger partial charge is 0.497 e. The van der Waals surface area contributed by atoms with Crippen molar-refractivity contribution in [3.8, 4) is 11.5 Å². The number of methoxy groups -OCH3 is 1. The summed E-state index contributed by atoms with van der Waals surface area (Å²) in [6.07, 6.45) is -0.468. The molecule has 2 aliphatic heterocycles. The Bertz CT molecular complexity index is 1190. The summed E-state index contributed by atoms with van der Waals surface area (Å²) >= 11 is 0. The van der Waals surface area contributed by atoms with Crippen LogP contribution < -0.4 is 14.8 Å². The molecule has 33 heavy (non-hydrogen) atoms. The molecule has 0 aromatic heterocycles. The highest BCUT2D eigenvalue weighted by Crippen LogP contribution is 2.35. The summed E-state index contributed by atoms with van der Waals surface area (Å²) in [4.78, 5) is 26.4. The minimum atomic E-state index is -3.79. The standard InChI is InChI=1S/C23H27N3O6S/c1-15-11-19-20(32-16(2)23(28)24-19)14-21(15)33(29,30)26-9-7-25(8-10-26)22(27)13-17-5-4-6-18(12-17)31-3/h4-6,11-12,14,16H,7-10,13H2,1-3H3,(H,24,28)/t16-/m0/s1. The van der Waals surface area contributed by atoms with Gasteiger partial charge in [0.15, 0.2) is 6.10 Å². The second-order valence-electron chi connectivity index (χ2n) is 8.18. The molecule has 2 amide bonds. The zero-order valence-electron chi connectivity index (χ0n) is 18.8. The van der Waals surface area contributed by atoms with Gasteiger partial charge in [-0.25, -0.2) is 8.42 Å². The minimum absolute atomic E-state index is 0.0524. The van der Waals surface area contributed by atoms with Crippen molar-refractivity contribution in [2.24, 2.45) is 0 Å². The number of anilines is 1. The van der Waals surface area contributed by atoms with Gasteiger partial charge in [0.2, 0.25) is 15.9 Å². The van der Waals surface area contributed by atoms with Crippen LogP contribution in [0.4, 0.5) is 5.69 Å². The molecule has 1 N–H and O–H groups in total. The molecule has 0 aliphatic carbocycles. The van der Waals surface area contributed by atoms with E-state index in [1.54, 1.807) is 31.9 Å². The highest BCUT2D eigenvalue weighted by atomic mass is 32.2. The summed E-state index contributed by atoms with van der Waals surface area (Å²) in [6.45, 7) is 4.33. The molecule has 1 saturated heterocycles. The van der Waals surface area contributed by atoms with Crippen LogP contribution in [0.3, 0.4) is 0 Å². The third kappa shape index (κ3) is 4.67. The van der Waals surface area contributed by atoms with E-state index in [9.17, 15) is 18.0 Å². The van der Waals surface area contributed by atoms with Gasteiger partial charge in [0.25, 0.3) is 5.91 Å². The van der Waals surface area contributed by atoms with E-state index in [1.165, 1.54) is 10.4 Å². The number of sulfonamides is 1. The third-order valence-corrected chi connectivity index (χ3v) is 7.95.